The summed E-state index contributed by atoms with van der Waals surface area (Å²) < 4.78 is 10.7. The molecule has 1 aliphatic carbocycles. The van der Waals surface area contributed by atoms with Gasteiger partial charge in [-0.15, -0.1) is 0 Å². The number of nitrogens with zero attached hydrogens (tertiary/aromatic N) is 1. The summed E-state index contributed by atoms with van der Waals surface area (Å²) in [6.07, 6.45) is 4.69. The largest absolute Gasteiger partial charge is 0.497 e. The summed E-state index contributed by atoms with van der Waals surface area (Å²) in [5, 5.41) is 0. The first-order valence-corrected chi connectivity index (χ1v) is 7.87. The Balaban J connectivity index is 2.07. The average Bonchev–Trinajstić information content (AvgIpc) is 2.53. The van der Waals surface area contributed by atoms with Crippen molar-refractivity contribution in [3.05, 3.63) is 23.8 Å². The van der Waals surface area contributed by atoms with E-state index < -0.39 is 0 Å². The van der Waals surface area contributed by atoms with E-state index in [1.807, 2.05) is 6.07 Å². The van der Waals surface area contributed by atoms with E-state index in [1.54, 1.807) is 14.2 Å². The Morgan fingerprint density at radius 3 is 2.10 bits per heavy atom. The molecule has 1 aliphatic rings. The van der Waals surface area contributed by atoms with Gasteiger partial charge in [-0.2, -0.15) is 0 Å². The minimum absolute atomic E-state index is 0.400. The third-order valence-corrected chi connectivity index (χ3v) is 4.46. The van der Waals surface area contributed by atoms with Crippen molar-refractivity contribution < 1.29 is 9.47 Å². The number of benzene rings is 1. The highest BCUT2D eigenvalue weighted by Gasteiger charge is 2.23. The second kappa shape index (κ2) is 7.66. The van der Waals surface area contributed by atoms with Crippen molar-refractivity contribution in [1.82, 2.24) is 4.90 Å². The molecule has 2 rings (SSSR count). The fraction of sp³-hybridized carbons (Fsp3) is 0.647. The molecule has 1 saturated carbocycles. The molecule has 21 heavy (non-hydrogen) atoms. The predicted molar refractivity (Wildman–Crippen MR) is 85.9 cm³/mol. The average molecular weight is 292 g/mol. The third kappa shape index (κ3) is 4.35. The van der Waals surface area contributed by atoms with Crippen molar-refractivity contribution in [2.24, 2.45) is 5.73 Å². The highest BCUT2D eigenvalue weighted by atomic mass is 16.5. The Kier molecular flexibility index (Phi) is 5.88. The van der Waals surface area contributed by atoms with Gasteiger partial charge in [0.05, 0.1) is 14.2 Å². The summed E-state index contributed by atoms with van der Waals surface area (Å²) >= 11 is 0. The summed E-state index contributed by atoms with van der Waals surface area (Å²) in [7, 11) is 3.39. The van der Waals surface area contributed by atoms with Crippen molar-refractivity contribution >= 4 is 0 Å². The van der Waals surface area contributed by atoms with Gasteiger partial charge in [0.2, 0.25) is 0 Å². The van der Waals surface area contributed by atoms with Crippen LogP contribution >= 0.6 is 0 Å². The van der Waals surface area contributed by atoms with Crippen LogP contribution < -0.4 is 15.2 Å². The zero-order valence-electron chi connectivity index (χ0n) is 13.5. The van der Waals surface area contributed by atoms with Crippen LogP contribution in [-0.4, -0.2) is 37.7 Å². The van der Waals surface area contributed by atoms with Gasteiger partial charge in [0.25, 0.3) is 0 Å². The number of rotatable bonds is 6. The molecule has 1 aromatic rings. The van der Waals surface area contributed by atoms with Crippen molar-refractivity contribution in [3.63, 3.8) is 0 Å². The molecule has 0 spiro atoms. The fourth-order valence-corrected chi connectivity index (χ4v) is 3.16. The maximum atomic E-state index is 6.02. The van der Waals surface area contributed by atoms with Crippen LogP contribution in [0.15, 0.2) is 18.2 Å². The van der Waals surface area contributed by atoms with E-state index in [0.717, 1.165) is 37.4 Å². The molecule has 0 heterocycles. The Morgan fingerprint density at radius 2 is 1.62 bits per heavy atom. The summed E-state index contributed by atoms with van der Waals surface area (Å²) in [5.41, 5.74) is 7.25. The first-order chi connectivity index (χ1) is 10.2. The molecule has 1 aromatic carbocycles. The zero-order chi connectivity index (χ0) is 15.2. The zero-order valence-corrected chi connectivity index (χ0v) is 13.5. The van der Waals surface area contributed by atoms with E-state index in [2.05, 4.69) is 24.0 Å². The van der Waals surface area contributed by atoms with Gasteiger partial charge >= 0.3 is 0 Å². The molecule has 0 unspecified atom stereocenters. The Hall–Kier alpha value is -1.26. The van der Waals surface area contributed by atoms with Crippen molar-refractivity contribution in [2.75, 3.05) is 20.8 Å². The van der Waals surface area contributed by atoms with Gasteiger partial charge in [0.15, 0.2) is 0 Å². The van der Waals surface area contributed by atoms with E-state index in [0.29, 0.717) is 12.1 Å². The van der Waals surface area contributed by atoms with E-state index in [-0.39, 0.29) is 0 Å². The van der Waals surface area contributed by atoms with Gasteiger partial charge in [0.1, 0.15) is 11.5 Å². The molecule has 4 nitrogen and oxygen atoms in total. The molecular weight excluding hydrogens is 264 g/mol. The summed E-state index contributed by atoms with van der Waals surface area (Å²) in [4.78, 5) is 2.54. The Bertz CT molecular complexity index is 420. The Labute approximate surface area is 128 Å². The normalized spacial score (nSPS) is 22.3. The number of methoxy groups -OCH3 is 2. The molecule has 0 atom stereocenters. The lowest BCUT2D eigenvalue weighted by atomic mass is 9.90. The first-order valence-electron chi connectivity index (χ1n) is 7.87. The first kappa shape index (κ1) is 16.1. The highest BCUT2D eigenvalue weighted by Crippen LogP contribution is 2.27. The van der Waals surface area contributed by atoms with Crippen LogP contribution in [0.4, 0.5) is 0 Å². The van der Waals surface area contributed by atoms with Crippen LogP contribution in [0.25, 0.3) is 0 Å². The molecule has 1 fully saturated rings. The second-order valence-corrected chi connectivity index (χ2v) is 5.85. The highest BCUT2D eigenvalue weighted by molar-refractivity contribution is 5.38. The van der Waals surface area contributed by atoms with Gasteiger partial charge < -0.3 is 15.2 Å². The van der Waals surface area contributed by atoms with Crippen LogP contribution in [-0.2, 0) is 6.54 Å². The minimum atomic E-state index is 0.400. The lowest BCUT2D eigenvalue weighted by Gasteiger charge is -2.35. The van der Waals surface area contributed by atoms with Gasteiger partial charge in [-0.1, -0.05) is 6.92 Å². The van der Waals surface area contributed by atoms with Gasteiger partial charge in [-0.25, -0.2) is 0 Å². The monoisotopic (exact) mass is 292 g/mol. The Morgan fingerprint density at radius 1 is 1.05 bits per heavy atom. The molecule has 0 aromatic heterocycles. The lowest BCUT2D eigenvalue weighted by Crippen LogP contribution is -2.40. The van der Waals surface area contributed by atoms with Crippen LogP contribution in [0.2, 0.25) is 0 Å². The maximum absolute atomic E-state index is 6.02. The standard InChI is InChI=1S/C17H28N2O2/c1-4-19(15-7-5-14(18)6-8-15)12-13-9-16(20-2)11-17(10-13)21-3/h9-11,14-15H,4-8,12,18H2,1-3H3. The lowest BCUT2D eigenvalue weighted by molar-refractivity contribution is 0.149. The van der Waals surface area contributed by atoms with Gasteiger partial charge in [-0.3, -0.25) is 4.90 Å². The van der Waals surface area contributed by atoms with Gasteiger partial charge in [-0.05, 0) is 49.9 Å². The minimum Gasteiger partial charge on any atom is -0.497 e. The molecule has 4 heteroatoms. The SMILES string of the molecule is CCN(Cc1cc(OC)cc(OC)c1)C1CCC(N)CC1. The molecule has 0 saturated heterocycles. The van der Waals surface area contributed by atoms with E-state index in [9.17, 15) is 0 Å². The molecule has 0 amide bonds. The fourth-order valence-electron chi connectivity index (χ4n) is 3.16. The molecular formula is C17H28N2O2. The van der Waals surface area contributed by atoms with E-state index in [4.69, 9.17) is 15.2 Å². The summed E-state index contributed by atoms with van der Waals surface area (Å²) in [6.45, 7) is 4.22. The predicted octanol–water partition coefficient (Wildman–Crippen LogP) is 2.80. The summed E-state index contributed by atoms with van der Waals surface area (Å²) in [6, 6.07) is 7.16. The number of nitrogens with two attached hydrogens (primary N) is 1. The molecule has 0 bridgehead atoms. The second-order valence-electron chi connectivity index (χ2n) is 5.85. The van der Waals surface area contributed by atoms with Crippen molar-refractivity contribution in [3.8, 4) is 11.5 Å². The van der Waals surface area contributed by atoms with Gasteiger partial charge in [0, 0.05) is 24.7 Å². The van der Waals surface area contributed by atoms with Crippen LogP contribution in [0.3, 0.4) is 0 Å². The maximum Gasteiger partial charge on any atom is 0.122 e. The van der Waals surface area contributed by atoms with E-state index in [1.165, 1.54) is 18.4 Å². The van der Waals surface area contributed by atoms with Crippen LogP contribution in [0.1, 0.15) is 38.2 Å². The molecule has 2 N–H and O–H groups in total. The van der Waals surface area contributed by atoms with E-state index >= 15 is 0 Å². The molecule has 118 valence electrons. The number of hydrogen-bond donors (Lipinski definition) is 1. The number of ether oxygens (including phenoxy) is 2. The van der Waals surface area contributed by atoms with Crippen LogP contribution in [0, 0.1) is 0 Å². The topological polar surface area (TPSA) is 47.7 Å². The summed E-state index contributed by atoms with van der Waals surface area (Å²) in [5.74, 6) is 1.71. The quantitative estimate of drug-likeness (QED) is 0.876. The molecule has 0 radical (unpaired) electrons. The third-order valence-electron chi connectivity index (χ3n) is 4.46. The van der Waals surface area contributed by atoms with Crippen molar-refractivity contribution in [2.45, 2.75) is 51.2 Å². The van der Waals surface area contributed by atoms with Crippen molar-refractivity contribution in [1.29, 1.82) is 0 Å². The molecule has 0 aliphatic heterocycles. The van der Waals surface area contributed by atoms with Crippen LogP contribution in [0.5, 0.6) is 11.5 Å². The smallest absolute Gasteiger partial charge is 0.122 e. The number of hydrogen-bond acceptors (Lipinski definition) is 4.